The number of benzene rings is 1. The summed E-state index contributed by atoms with van der Waals surface area (Å²) in [5.41, 5.74) is 1.32. The second-order valence-electron chi connectivity index (χ2n) is 5.27. The molecule has 3 aliphatic carbocycles. The zero-order chi connectivity index (χ0) is 14.0. The Morgan fingerprint density at radius 2 is 1.70 bits per heavy atom. The molecule has 0 saturated carbocycles. The van der Waals surface area contributed by atoms with Crippen molar-refractivity contribution >= 4 is 17.6 Å². The molecule has 1 aliphatic heterocycles. The molecule has 5 rings (SSSR count). The molecule has 0 N–H and O–H groups in total. The van der Waals surface area contributed by atoms with Crippen molar-refractivity contribution in [3.8, 4) is 0 Å². The highest BCUT2D eigenvalue weighted by Crippen LogP contribution is 2.56. The van der Waals surface area contributed by atoms with Crippen LogP contribution in [0.25, 0.3) is 0 Å². The molecular weight excluding hydrogens is 262 g/mol. The van der Waals surface area contributed by atoms with Crippen LogP contribution in [0.1, 0.15) is 23.0 Å². The number of hydrogen-bond donors (Lipinski definition) is 0. The summed E-state index contributed by atoms with van der Waals surface area (Å²) in [6.07, 6.45) is 3.65. The van der Waals surface area contributed by atoms with Crippen LogP contribution in [0.15, 0.2) is 30.4 Å². The van der Waals surface area contributed by atoms with E-state index in [1.165, 1.54) is 6.07 Å². The van der Waals surface area contributed by atoms with Crippen molar-refractivity contribution in [2.45, 2.75) is 11.8 Å². The number of carbonyl (C=O) groups is 2. The quantitative estimate of drug-likeness (QED) is 0.255. The van der Waals surface area contributed by atoms with Gasteiger partial charge in [-0.2, -0.15) is 0 Å². The molecule has 1 saturated heterocycles. The highest BCUT2D eigenvalue weighted by molar-refractivity contribution is 5.99. The van der Waals surface area contributed by atoms with E-state index >= 15 is 0 Å². The molecule has 1 fully saturated rings. The first-order valence-electron chi connectivity index (χ1n) is 6.30. The van der Waals surface area contributed by atoms with Crippen molar-refractivity contribution in [2.24, 2.45) is 11.8 Å². The molecular formula is C14H9NO5. The van der Waals surface area contributed by atoms with Crippen molar-refractivity contribution < 1.29 is 19.2 Å². The van der Waals surface area contributed by atoms with Gasteiger partial charge in [0.25, 0.3) is 5.69 Å². The van der Waals surface area contributed by atoms with Gasteiger partial charge in [0.05, 0.1) is 16.8 Å². The number of nitrogens with zero attached hydrogens (tertiary/aromatic N) is 1. The standard InChI is InChI=1S/C14H9NO5/c16-13-11-7-4-5-8(12(11)14(17)20-13)10-6(7)2-1-3-9(10)15(18)19/h1-5,7-8,11-12H/t7-,8-,11-,12-/m1/s1. The van der Waals surface area contributed by atoms with Crippen molar-refractivity contribution in [3.05, 3.63) is 51.6 Å². The predicted octanol–water partition coefficient (Wildman–Crippen LogP) is 1.66. The third kappa shape index (κ3) is 1.18. The lowest BCUT2D eigenvalue weighted by atomic mass is 9.60. The molecule has 1 aromatic rings. The maximum Gasteiger partial charge on any atom is 0.318 e. The number of hydrogen-bond acceptors (Lipinski definition) is 5. The Labute approximate surface area is 113 Å². The average molecular weight is 271 g/mol. The highest BCUT2D eigenvalue weighted by Gasteiger charge is 2.58. The molecule has 0 aromatic heterocycles. The van der Waals surface area contributed by atoms with Crippen LogP contribution >= 0.6 is 0 Å². The summed E-state index contributed by atoms with van der Waals surface area (Å²) in [6.45, 7) is 0. The third-order valence-electron chi connectivity index (χ3n) is 4.44. The van der Waals surface area contributed by atoms with Crippen LogP contribution < -0.4 is 0 Å². The maximum absolute atomic E-state index is 11.9. The molecule has 100 valence electrons. The summed E-state index contributed by atoms with van der Waals surface area (Å²) in [6, 6.07) is 4.84. The number of allylic oxidation sites excluding steroid dienone is 2. The molecule has 0 amide bonds. The Morgan fingerprint density at radius 3 is 2.40 bits per heavy atom. The first-order valence-corrected chi connectivity index (χ1v) is 6.30. The highest BCUT2D eigenvalue weighted by atomic mass is 16.6. The number of esters is 2. The van der Waals surface area contributed by atoms with Gasteiger partial charge in [0, 0.05) is 23.5 Å². The average Bonchev–Trinajstić information content (AvgIpc) is 2.76. The summed E-state index contributed by atoms with van der Waals surface area (Å²) < 4.78 is 4.73. The SMILES string of the molecule is O=C1OC(=O)[C@H]2[C@H]1[C@@H]1C=C[C@@H]2c2c1cccc2[N+](=O)[O-]. The Kier molecular flexibility index (Phi) is 2.00. The van der Waals surface area contributed by atoms with E-state index in [2.05, 4.69) is 0 Å². The lowest BCUT2D eigenvalue weighted by molar-refractivity contribution is -0.385. The topological polar surface area (TPSA) is 86.5 Å². The molecule has 1 aromatic carbocycles. The normalized spacial score (nSPS) is 32.8. The zero-order valence-electron chi connectivity index (χ0n) is 10.2. The summed E-state index contributed by atoms with van der Waals surface area (Å²) >= 11 is 0. The van der Waals surface area contributed by atoms with Crippen LogP contribution in [0.5, 0.6) is 0 Å². The molecule has 20 heavy (non-hydrogen) atoms. The first kappa shape index (κ1) is 11.3. The van der Waals surface area contributed by atoms with Crippen LogP contribution in [0, 0.1) is 22.0 Å². The second-order valence-corrected chi connectivity index (χ2v) is 5.27. The molecule has 0 unspecified atom stereocenters. The monoisotopic (exact) mass is 271 g/mol. The molecule has 2 bridgehead atoms. The Morgan fingerprint density at radius 1 is 1.05 bits per heavy atom. The van der Waals surface area contributed by atoms with E-state index in [9.17, 15) is 19.7 Å². The van der Waals surface area contributed by atoms with Crippen LogP contribution in [0.2, 0.25) is 0 Å². The fourth-order valence-corrected chi connectivity index (χ4v) is 3.70. The van der Waals surface area contributed by atoms with Gasteiger partial charge < -0.3 is 4.74 Å². The van der Waals surface area contributed by atoms with Gasteiger partial charge in [0.1, 0.15) is 0 Å². The van der Waals surface area contributed by atoms with E-state index in [1.807, 2.05) is 6.08 Å². The van der Waals surface area contributed by atoms with E-state index < -0.39 is 34.6 Å². The smallest absolute Gasteiger partial charge is 0.318 e. The second kappa shape index (κ2) is 3.53. The predicted molar refractivity (Wildman–Crippen MR) is 65.8 cm³/mol. The minimum absolute atomic E-state index is 0.00690. The van der Waals surface area contributed by atoms with Gasteiger partial charge in [-0.25, -0.2) is 0 Å². The molecule has 1 heterocycles. The number of cyclic esters (lactones) is 2. The van der Waals surface area contributed by atoms with Crippen LogP contribution in [0.3, 0.4) is 0 Å². The third-order valence-corrected chi connectivity index (χ3v) is 4.44. The molecule has 6 heteroatoms. The minimum Gasteiger partial charge on any atom is -0.393 e. The molecule has 6 nitrogen and oxygen atoms in total. The largest absolute Gasteiger partial charge is 0.393 e. The molecule has 0 radical (unpaired) electrons. The maximum atomic E-state index is 11.9. The van der Waals surface area contributed by atoms with Crippen molar-refractivity contribution in [3.63, 3.8) is 0 Å². The fraction of sp³-hybridized carbons (Fsp3) is 0.286. The van der Waals surface area contributed by atoms with Crippen molar-refractivity contribution in [2.75, 3.05) is 0 Å². The summed E-state index contributed by atoms with van der Waals surface area (Å²) in [5, 5.41) is 11.2. The van der Waals surface area contributed by atoms with Gasteiger partial charge in [0.2, 0.25) is 0 Å². The van der Waals surface area contributed by atoms with E-state index in [0.29, 0.717) is 5.56 Å². The van der Waals surface area contributed by atoms with E-state index in [1.54, 1.807) is 18.2 Å². The lowest BCUT2D eigenvalue weighted by Crippen LogP contribution is -2.37. The summed E-state index contributed by atoms with van der Waals surface area (Å²) in [7, 11) is 0. The summed E-state index contributed by atoms with van der Waals surface area (Å²) in [5.74, 6) is -2.99. The van der Waals surface area contributed by atoms with Gasteiger partial charge >= 0.3 is 11.9 Å². The van der Waals surface area contributed by atoms with Gasteiger partial charge in [-0.15, -0.1) is 0 Å². The van der Waals surface area contributed by atoms with Gasteiger partial charge in [0.15, 0.2) is 0 Å². The minimum atomic E-state index is -0.619. The number of nitro groups is 1. The first-order chi connectivity index (χ1) is 9.59. The van der Waals surface area contributed by atoms with Gasteiger partial charge in [-0.05, 0) is 5.56 Å². The number of ether oxygens (including phenoxy) is 1. The Balaban J connectivity index is 1.98. The molecule has 4 atom stereocenters. The van der Waals surface area contributed by atoms with E-state index in [4.69, 9.17) is 4.74 Å². The van der Waals surface area contributed by atoms with Crippen LogP contribution in [0.4, 0.5) is 5.69 Å². The number of carbonyl (C=O) groups excluding carboxylic acids is 2. The van der Waals surface area contributed by atoms with Crippen LogP contribution in [-0.4, -0.2) is 16.9 Å². The Hall–Kier alpha value is -2.50. The summed E-state index contributed by atoms with van der Waals surface area (Å²) in [4.78, 5) is 34.4. The zero-order valence-corrected chi connectivity index (χ0v) is 10.2. The fourth-order valence-electron chi connectivity index (χ4n) is 3.70. The Bertz CT molecular complexity index is 708. The van der Waals surface area contributed by atoms with E-state index in [-0.39, 0.29) is 11.6 Å². The number of rotatable bonds is 1. The van der Waals surface area contributed by atoms with Gasteiger partial charge in [-0.3, -0.25) is 19.7 Å². The molecule has 0 spiro atoms. The van der Waals surface area contributed by atoms with Gasteiger partial charge in [-0.1, -0.05) is 24.3 Å². The number of nitro benzene ring substituents is 1. The van der Waals surface area contributed by atoms with Crippen molar-refractivity contribution in [1.29, 1.82) is 0 Å². The van der Waals surface area contributed by atoms with Crippen molar-refractivity contribution in [1.82, 2.24) is 0 Å². The molecule has 4 aliphatic rings. The van der Waals surface area contributed by atoms with E-state index in [0.717, 1.165) is 5.56 Å². The van der Waals surface area contributed by atoms with Crippen LogP contribution in [-0.2, 0) is 14.3 Å². The lowest BCUT2D eigenvalue weighted by Gasteiger charge is -2.38.